The summed E-state index contributed by atoms with van der Waals surface area (Å²) in [4.78, 5) is 24.9. The van der Waals surface area contributed by atoms with Gasteiger partial charge in [-0.15, -0.1) is 11.3 Å². The van der Waals surface area contributed by atoms with Crippen molar-refractivity contribution in [3.8, 4) is 11.3 Å². The zero-order valence-corrected chi connectivity index (χ0v) is 18.6. The molecule has 0 aliphatic rings. The summed E-state index contributed by atoms with van der Waals surface area (Å²) < 4.78 is 0. The minimum absolute atomic E-state index is 0.137. The van der Waals surface area contributed by atoms with Crippen LogP contribution in [0.2, 0.25) is 10.0 Å². The molecule has 0 saturated carbocycles. The van der Waals surface area contributed by atoms with Gasteiger partial charge < -0.3 is 10.3 Å². The second-order valence-electron chi connectivity index (χ2n) is 6.48. The first kappa shape index (κ1) is 20.2. The monoisotopic (exact) mass is 462 g/mol. The molecular formula is C20H16Cl2N4OS2. The number of thioether (sulfide) groups is 1. The van der Waals surface area contributed by atoms with Gasteiger partial charge in [0.15, 0.2) is 10.3 Å². The SMILES string of the molecule is Cc1ccc2nc(SC(C)C(=O)Nc3nc(-c4ccc(Cl)c(Cl)c4)cs3)[nH]c2c1. The van der Waals surface area contributed by atoms with Gasteiger partial charge >= 0.3 is 0 Å². The molecule has 2 aromatic heterocycles. The molecule has 1 unspecified atom stereocenters. The Kier molecular flexibility index (Phi) is 5.83. The minimum Gasteiger partial charge on any atom is -0.333 e. The van der Waals surface area contributed by atoms with Gasteiger partial charge in [-0.1, -0.05) is 47.1 Å². The number of carbonyl (C=O) groups is 1. The summed E-state index contributed by atoms with van der Waals surface area (Å²) in [5.74, 6) is -0.137. The van der Waals surface area contributed by atoms with Crippen molar-refractivity contribution in [2.75, 3.05) is 5.32 Å². The van der Waals surface area contributed by atoms with E-state index in [-0.39, 0.29) is 11.2 Å². The third-order valence-corrected chi connectivity index (χ3v) is 6.70. The van der Waals surface area contributed by atoms with Gasteiger partial charge in [-0.2, -0.15) is 0 Å². The zero-order chi connectivity index (χ0) is 20.5. The van der Waals surface area contributed by atoms with E-state index in [0.29, 0.717) is 20.3 Å². The molecule has 0 saturated heterocycles. The number of halogens is 2. The normalized spacial score (nSPS) is 12.3. The summed E-state index contributed by atoms with van der Waals surface area (Å²) in [6, 6.07) is 11.3. The number of hydrogen-bond acceptors (Lipinski definition) is 5. The number of imidazole rings is 1. The lowest BCUT2D eigenvalue weighted by atomic mass is 10.2. The maximum absolute atomic E-state index is 12.6. The molecule has 0 aliphatic heterocycles. The van der Waals surface area contributed by atoms with Gasteiger partial charge in [0, 0.05) is 10.9 Å². The van der Waals surface area contributed by atoms with Gasteiger partial charge in [-0.05, 0) is 43.7 Å². The molecule has 148 valence electrons. The number of fused-ring (bicyclic) bond motifs is 1. The van der Waals surface area contributed by atoms with Crippen molar-refractivity contribution >= 4 is 68.4 Å². The number of aryl methyl sites for hydroxylation is 1. The van der Waals surface area contributed by atoms with Crippen molar-refractivity contribution in [2.24, 2.45) is 0 Å². The standard InChI is InChI=1S/C20H16Cl2N4OS2/c1-10-3-6-15-16(7-10)24-20(23-15)29-11(2)18(27)26-19-25-17(9-28-19)12-4-5-13(21)14(22)8-12/h3-9,11H,1-2H3,(H,23,24)(H,25,26,27). The number of amides is 1. The second kappa shape index (κ2) is 8.36. The average Bonchev–Trinajstić information content (AvgIpc) is 3.30. The molecule has 0 spiro atoms. The first-order chi connectivity index (χ1) is 13.9. The number of rotatable bonds is 5. The maximum atomic E-state index is 12.6. The van der Waals surface area contributed by atoms with Crippen LogP contribution in [0.4, 0.5) is 5.13 Å². The third kappa shape index (κ3) is 4.59. The van der Waals surface area contributed by atoms with E-state index < -0.39 is 0 Å². The number of H-pyrrole nitrogens is 1. The number of carbonyl (C=O) groups excluding carboxylic acids is 1. The largest absolute Gasteiger partial charge is 0.333 e. The van der Waals surface area contributed by atoms with E-state index in [2.05, 4.69) is 20.3 Å². The highest BCUT2D eigenvalue weighted by Crippen LogP contribution is 2.31. The predicted octanol–water partition coefficient (Wildman–Crippen LogP) is 6.42. The number of aromatic amines is 1. The lowest BCUT2D eigenvalue weighted by Crippen LogP contribution is -2.22. The number of anilines is 1. The van der Waals surface area contributed by atoms with Gasteiger partial charge in [0.25, 0.3) is 0 Å². The van der Waals surface area contributed by atoms with Crippen LogP contribution >= 0.6 is 46.3 Å². The number of thiazole rings is 1. The van der Waals surface area contributed by atoms with Gasteiger partial charge in [-0.3, -0.25) is 4.79 Å². The van der Waals surface area contributed by atoms with Gasteiger partial charge in [0.2, 0.25) is 5.91 Å². The van der Waals surface area contributed by atoms with E-state index in [1.807, 2.05) is 43.5 Å². The first-order valence-corrected chi connectivity index (χ1v) is 11.3. The Morgan fingerprint density at radius 3 is 2.79 bits per heavy atom. The Labute approximate surface area is 185 Å². The Morgan fingerprint density at radius 2 is 2.00 bits per heavy atom. The summed E-state index contributed by atoms with van der Waals surface area (Å²) in [6.07, 6.45) is 0. The summed E-state index contributed by atoms with van der Waals surface area (Å²) in [5.41, 5.74) is 4.58. The number of nitrogens with one attached hydrogen (secondary N) is 2. The Hall–Kier alpha value is -2.06. The van der Waals surface area contributed by atoms with Crippen LogP contribution in [0.3, 0.4) is 0 Å². The third-order valence-electron chi connectivity index (χ3n) is 4.22. The number of benzene rings is 2. The van der Waals surface area contributed by atoms with Crippen LogP contribution in [0.15, 0.2) is 46.9 Å². The van der Waals surface area contributed by atoms with Crippen LogP contribution in [-0.4, -0.2) is 26.1 Å². The molecule has 4 aromatic rings. The molecule has 1 amide bonds. The minimum atomic E-state index is -0.339. The van der Waals surface area contributed by atoms with E-state index >= 15 is 0 Å². The molecule has 0 radical (unpaired) electrons. The van der Waals surface area contributed by atoms with E-state index in [4.69, 9.17) is 23.2 Å². The highest BCUT2D eigenvalue weighted by atomic mass is 35.5. The van der Waals surface area contributed by atoms with E-state index in [0.717, 1.165) is 27.9 Å². The number of aromatic nitrogens is 3. The number of nitrogens with zero attached hydrogens (tertiary/aromatic N) is 2. The summed E-state index contributed by atoms with van der Waals surface area (Å²) in [7, 11) is 0. The zero-order valence-electron chi connectivity index (χ0n) is 15.5. The second-order valence-corrected chi connectivity index (χ2v) is 9.48. The number of hydrogen-bond donors (Lipinski definition) is 2. The molecule has 0 bridgehead atoms. The van der Waals surface area contributed by atoms with Crippen LogP contribution in [-0.2, 0) is 4.79 Å². The molecule has 5 nitrogen and oxygen atoms in total. The smallest absolute Gasteiger partial charge is 0.239 e. The van der Waals surface area contributed by atoms with Crippen molar-refractivity contribution < 1.29 is 4.79 Å². The molecule has 0 aliphatic carbocycles. The quantitative estimate of drug-likeness (QED) is 0.335. The Balaban J connectivity index is 1.43. The average molecular weight is 463 g/mol. The van der Waals surface area contributed by atoms with Crippen molar-refractivity contribution in [2.45, 2.75) is 24.3 Å². The van der Waals surface area contributed by atoms with Crippen molar-refractivity contribution in [3.05, 3.63) is 57.4 Å². The summed E-state index contributed by atoms with van der Waals surface area (Å²) in [6.45, 7) is 3.87. The lowest BCUT2D eigenvalue weighted by Gasteiger charge is -2.08. The Morgan fingerprint density at radius 1 is 1.17 bits per heavy atom. The highest BCUT2D eigenvalue weighted by molar-refractivity contribution is 8.00. The molecule has 4 rings (SSSR count). The molecular weight excluding hydrogens is 447 g/mol. The lowest BCUT2D eigenvalue weighted by molar-refractivity contribution is -0.115. The molecule has 2 heterocycles. The fraction of sp³-hybridized carbons (Fsp3) is 0.150. The van der Waals surface area contributed by atoms with Crippen molar-refractivity contribution in [1.29, 1.82) is 0 Å². The Bertz CT molecular complexity index is 1200. The summed E-state index contributed by atoms with van der Waals surface area (Å²) in [5, 5.41) is 6.60. The van der Waals surface area contributed by atoms with E-state index in [9.17, 15) is 4.79 Å². The fourth-order valence-electron chi connectivity index (χ4n) is 2.70. The van der Waals surface area contributed by atoms with Crippen LogP contribution in [0.25, 0.3) is 22.3 Å². The van der Waals surface area contributed by atoms with Crippen molar-refractivity contribution in [1.82, 2.24) is 15.0 Å². The van der Waals surface area contributed by atoms with Crippen LogP contribution < -0.4 is 5.32 Å². The van der Waals surface area contributed by atoms with Crippen LogP contribution in [0.5, 0.6) is 0 Å². The molecule has 0 fully saturated rings. The predicted molar refractivity (Wildman–Crippen MR) is 122 cm³/mol. The highest BCUT2D eigenvalue weighted by Gasteiger charge is 2.18. The maximum Gasteiger partial charge on any atom is 0.239 e. The molecule has 9 heteroatoms. The van der Waals surface area contributed by atoms with Crippen LogP contribution in [0.1, 0.15) is 12.5 Å². The fourth-order valence-corrected chi connectivity index (χ4v) is 4.54. The molecule has 2 N–H and O–H groups in total. The van der Waals surface area contributed by atoms with Gasteiger partial charge in [0.05, 0.1) is 32.0 Å². The van der Waals surface area contributed by atoms with E-state index in [1.165, 1.54) is 23.1 Å². The van der Waals surface area contributed by atoms with Gasteiger partial charge in [-0.25, -0.2) is 9.97 Å². The summed E-state index contributed by atoms with van der Waals surface area (Å²) >= 11 is 14.8. The molecule has 29 heavy (non-hydrogen) atoms. The molecule has 1 atom stereocenters. The topological polar surface area (TPSA) is 70.7 Å². The van der Waals surface area contributed by atoms with Gasteiger partial charge in [0.1, 0.15) is 0 Å². The van der Waals surface area contributed by atoms with Crippen molar-refractivity contribution in [3.63, 3.8) is 0 Å². The van der Waals surface area contributed by atoms with E-state index in [1.54, 1.807) is 12.1 Å². The first-order valence-electron chi connectivity index (χ1n) is 8.74. The van der Waals surface area contributed by atoms with Crippen LogP contribution in [0, 0.1) is 6.92 Å². The molecule has 2 aromatic carbocycles.